The standard InChI is InChI=1S/C20H20N4O4S3/c1-13(2)28-16-5-3-4-14(12-16)18(25)23-19(29)22-15-6-8-17(9-7-15)31(26,27)24-20-21-10-11-30-20/h3-13H,1-2H3,(H,21,24)(H2,22,23,25,29). The van der Waals surface area contributed by atoms with E-state index in [2.05, 4.69) is 20.3 Å². The molecule has 1 heterocycles. The third kappa shape index (κ3) is 6.48. The van der Waals surface area contributed by atoms with Crippen LogP contribution in [0.2, 0.25) is 0 Å². The van der Waals surface area contributed by atoms with E-state index >= 15 is 0 Å². The van der Waals surface area contributed by atoms with Gasteiger partial charge in [0.2, 0.25) is 0 Å². The zero-order valence-electron chi connectivity index (χ0n) is 16.7. The van der Waals surface area contributed by atoms with Crippen LogP contribution < -0.4 is 20.1 Å². The number of aromatic nitrogens is 1. The molecular weight excluding hydrogens is 456 g/mol. The maximum absolute atomic E-state index is 12.4. The van der Waals surface area contributed by atoms with E-state index in [1.807, 2.05) is 13.8 Å². The maximum Gasteiger partial charge on any atom is 0.263 e. The molecule has 0 atom stereocenters. The van der Waals surface area contributed by atoms with Gasteiger partial charge in [-0.1, -0.05) is 6.07 Å². The normalized spacial score (nSPS) is 11.1. The van der Waals surface area contributed by atoms with Crippen molar-refractivity contribution in [2.45, 2.75) is 24.8 Å². The first-order valence-electron chi connectivity index (χ1n) is 9.14. The van der Waals surface area contributed by atoms with Gasteiger partial charge in [0, 0.05) is 22.8 Å². The zero-order valence-corrected chi connectivity index (χ0v) is 19.1. The van der Waals surface area contributed by atoms with Crippen LogP contribution in [0.1, 0.15) is 24.2 Å². The van der Waals surface area contributed by atoms with Gasteiger partial charge < -0.3 is 10.1 Å². The zero-order chi connectivity index (χ0) is 22.4. The smallest absolute Gasteiger partial charge is 0.263 e. The Hall–Kier alpha value is -3.02. The molecule has 8 nitrogen and oxygen atoms in total. The van der Waals surface area contributed by atoms with Gasteiger partial charge in [0.05, 0.1) is 11.0 Å². The third-order valence-corrected chi connectivity index (χ3v) is 6.15. The monoisotopic (exact) mass is 476 g/mol. The lowest BCUT2D eigenvalue weighted by atomic mass is 10.2. The minimum Gasteiger partial charge on any atom is -0.491 e. The first-order valence-corrected chi connectivity index (χ1v) is 11.9. The van der Waals surface area contributed by atoms with E-state index in [4.69, 9.17) is 17.0 Å². The molecule has 162 valence electrons. The second-order valence-electron chi connectivity index (χ2n) is 6.57. The topological polar surface area (TPSA) is 109 Å². The van der Waals surface area contributed by atoms with Gasteiger partial charge in [-0.25, -0.2) is 13.4 Å². The minimum absolute atomic E-state index is 0.00962. The number of nitrogens with one attached hydrogen (secondary N) is 3. The number of nitrogens with zero attached hydrogens (tertiary/aromatic N) is 1. The summed E-state index contributed by atoms with van der Waals surface area (Å²) in [6, 6.07) is 12.7. The highest BCUT2D eigenvalue weighted by atomic mass is 32.2. The number of amides is 1. The van der Waals surface area contributed by atoms with E-state index in [1.54, 1.807) is 41.8 Å². The molecule has 1 amide bonds. The van der Waals surface area contributed by atoms with Gasteiger partial charge in [-0.3, -0.25) is 14.8 Å². The number of hydrogen-bond acceptors (Lipinski definition) is 7. The molecule has 0 unspecified atom stereocenters. The van der Waals surface area contributed by atoms with Crippen LogP contribution >= 0.6 is 23.6 Å². The van der Waals surface area contributed by atoms with Crippen molar-refractivity contribution < 1.29 is 17.9 Å². The van der Waals surface area contributed by atoms with Crippen LogP contribution in [0.5, 0.6) is 5.75 Å². The van der Waals surface area contributed by atoms with Gasteiger partial charge in [0.15, 0.2) is 10.2 Å². The fourth-order valence-corrected chi connectivity index (χ4v) is 4.48. The molecular formula is C20H20N4O4S3. The predicted octanol–water partition coefficient (Wildman–Crippen LogP) is 3.86. The Kier molecular flexibility index (Phi) is 7.21. The quantitative estimate of drug-likeness (QED) is 0.444. The fourth-order valence-electron chi connectivity index (χ4n) is 2.49. The predicted molar refractivity (Wildman–Crippen MR) is 125 cm³/mol. The number of sulfonamides is 1. The van der Waals surface area contributed by atoms with Gasteiger partial charge in [-0.05, 0) is 68.5 Å². The molecule has 3 rings (SSSR count). The number of thiazole rings is 1. The highest BCUT2D eigenvalue weighted by Gasteiger charge is 2.15. The summed E-state index contributed by atoms with van der Waals surface area (Å²) >= 11 is 6.37. The van der Waals surface area contributed by atoms with E-state index in [0.717, 1.165) is 0 Å². The Balaban J connectivity index is 1.60. The molecule has 0 saturated heterocycles. The summed E-state index contributed by atoms with van der Waals surface area (Å²) in [5.41, 5.74) is 0.924. The SMILES string of the molecule is CC(C)Oc1cccc(C(=O)NC(=S)Nc2ccc(S(=O)(=O)Nc3nccs3)cc2)c1. The highest BCUT2D eigenvalue weighted by Crippen LogP contribution is 2.20. The molecule has 0 aliphatic heterocycles. The molecule has 3 aromatic rings. The number of benzene rings is 2. The summed E-state index contributed by atoms with van der Waals surface area (Å²) in [7, 11) is -3.74. The summed E-state index contributed by atoms with van der Waals surface area (Å²) in [5.74, 6) is 0.197. The lowest BCUT2D eigenvalue weighted by Gasteiger charge is -2.12. The van der Waals surface area contributed by atoms with Crippen molar-refractivity contribution in [3.8, 4) is 5.75 Å². The number of hydrogen-bond donors (Lipinski definition) is 3. The van der Waals surface area contributed by atoms with Crippen molar-refractivity contribution in [1.29, 1.82) is 0 Å². The van der Waals surface area contributed by atoms with Crippen LogP contribution in [0.3, 0.4) is 0 Å². The number of carbonyl (C=O) groups excluding carboxylic acids is 1. The summed E-state index contributed by atoms with van der Waals surface area (Å²) in [6.07, 6.45) is 1.50. The number of carbonyl (C=O) groups is 1. The molecule has 0 saturated carbocycles. The van der Waals surface area contributed by atoms with E-state index < -0.39 is 15.9 Å². The molecule has 0 aliphatic carbocycles. The molecule has 0 aliphatic rings. The number of rotatable bonds is 7. The highest BCUT2D eigenvalue weighted by molar-refractivity contribution is 7.93. The van der Waals surface area contributed by atoms with E-state index in [9.17, 15) is 13.2 Å². The van der Waals surface area contributed by atoms with Gasteiger partial charge in [-0.15, -0.1) is 11.3 Å². The van der Waals surface area contributed by atoms with Crippen molar-refractivity contribution in [3.05, 3.63) is 65.7 Å². The molecule has 0 radical (unpaired) electrons. The average Bonchev–Trinajstić information content (AvgIpc) is 3.20. The van der Waals surface area contributed by atoms with Crippen LogP contribution in [0, 0.1) is 0 Å². The van der Waals surface area contributed by atoms with E-state index in [1.165, 1.54) is 29.7 Å². The first kappa shape index (κ1) is 22.7. The van der Waals surface area contributed by atoms with Crippen LogP contribution in [-0.2, 0) is 10.0 Å². The van der Waals surface area contributed by atoms with Crippen molar-refractivity contribution in [2.75, 3.05) is 10.0 Å². The molecule has 0 fully saturated rings. The van der Waals surface area contributed by atoms with Crippen molar-refractivity contribution in [2.24, 2.45) is 0 Å². The molecule has 1 aromatic heterocycles. The lowest BCUT2D eigenvalue weighted by molar-refractivity contribution is 0.0977. The lowest BCUT2D eigenvalue weighted by Crippen LogP contribution is -2.34. The minimum atomic E-state index is -3.74. The molecule has 3 N–H and O–H groups in total. The summed E-state index contributed by atoms with van der Waals surface area (Å²) in [5, 5.41) is 7.49. The Morgan fingerprint density at radius 3 is 2.55 bits per heavy atom. The van der Waals surface area contributed by atoms with Gasteiger partial charge >= 0.3 is 0 Å². The molecule has 0 bridgehead atoms. The van der Waals surface area contributed by atoms with E-state index in [-0.39, 0.29) is 21.2 Å². The molecule has 11 heteroatoms. The Bertz CT molecular complexity index is 1160. The fraction of sp³-hybridized carbons (Fsp3) is 0.150. The molecule has 31 heavy (non-hydrogen) atoms. The maximum atomic E-state index is 12.4. The Morgan fingerprint density at radius 2 is 1.90 bits per heavy atom. The van der Waals surface area contributed by atoms with Crippen LogP contribution in [0.15, 0.2) is 65.0 Å². The van der Waals surface area contributed by atoms with Crippen LogP contribution in [0.4, 0.5) is 10.8 Å². The van der Waals surface area contributed by atoms with E-state index in [0.29, 0.717) is 17.0 Å². The van der Waals surface area contributed by atoms with Crippen LogP contribution in [0.25, 0.3) is 0 Å². The largest absolute Gasteiger partial charge is 0.491 e. The second kappa shape index (κ2) is 9.86. The molecule has 2 aromatic carbocycles. The summed E-state index contributed by atoms with van der Waals surface area (Å²) in [4.78, 5) is 16.4. The third-order valence-electron chi connectivity index (χ3n) is 3.77. The Morgan fingerprint density at radius 1 is 1.16 bits per heavy atom. The van der Waals surface area contributed by atoms with Gasteiger partial charge in [-0.2, -0.15) is 0 Å². The Labute approximate surface area is 189 Å². The first-order chi connectivity index (χ1) is 14.7. The average molecular weight is 477 g/mol. The summed E-state index contributed by atoms with van der Waals surface area (Å²) < 4.78 is 32.7. The number of thiocarbonyl (C=S) groups is 1. The van der Waals surface area contributed by atoms with Gasteiger partial charge in [0.1, 0.15) is 5.75 Å². The number of ether oxygens (including phenoxy) is 1. The van der Waals surface area contributed by atoms with Gasteiger partial charge in [0.25, 0.3) is 15.9 Å². The molecule has 0 spiro atoms. The number of anilines is 2. The van der Waals surface area contributed by atoms with Crippen molar-refractivity contribution in [1.82, 2.24) is 10.3 Å². The van der Waals surface area contributed by atoms with Crippen LogP contribution in [-0.4, -0.2) is 30.5 Å². The second-order valence-corrected chi connectivity index (χ2v) is 9.56. The van der Waals surface area contributed by atoms with Crippen molar-refractivity contribution >= 4 is 55.4 Å². The van der Waals surface area contributed by atoms with Crippen molar-refractivity contribution in [3.63, 3.8) is 0 Å². The summed E-state index contributed by atoms with van der Waals surface area (Å²) in [6.45, 7) is 3.80.